The van der Waals surface area contributed by atoms with E-state index in [2.05, 4.69) is 64.8 Å². The number of amides is 1. The maximum Gasteiger partial charge on any atom is 0.285 e. The maximum absolute atomic E-state index is 12.8. The monoisotopic (exact) mass is 367 g/mol. The zero-order valence-electron chi connectivity index (χ0n) is 15.1. The van der Waals surface area contributed by atoms with Gasteiger partial charge >= 0.3 is 0 Å². The molecule has 4 rings (SSSR count). The van der Waals surface area contributed by atoms with Gasteiger partial charge in [-0.05, 0) is 19.1 Å². The number of aryl methyl sites for hydroxylation is 1. The van der Waals surface area contributed by atoms with Crippen LogP contribution in [0.3, 0.4) is 0 Å². The highest BCUT2D eigenvalue weighted by atomic mass is 32.1. The number of carbonyl (C=O) groups excluding carboxylic acids is 1. The van der Waals surface area contributed by atoms with Crippen LogP contribution in [0.2, 0.25) is 0 Å². The molecule has 26 heavy (non-hydrogen) atoms. The summed E-state index contributed by atoms with van der Waals surface area (Å²) >= 11 is 1.39. The molecule has 134 valence electrons. The zero-order chi connectivity index (χ0) is 18.3. The topological polar surface area (TPSA) is 63.9 Å². The summed E-state index contributed by atoms with van der Waals surface area (Å²) < 4.78 is 2.12. The molecule has 0 spiro atoms. The average molecular weight is 367 g/mol. The smallest absolute Gasteiger partial charge is 0.285 e. The van der Waals surface area contributed by atoms with Crippen molar-refractivity contribution in [1.82, 2.24) is 24.6 Å². The molecule has 0 radical (unpaired) electrons. The minimum atomic E-state index is -0.0510. The summed E-state index contributed by atoms with van der Waals surface area (Å²) in [7, 11) is 0. The van der Waals surface area contributed by atoms with Crippen LogP contribution in [0, 0.1) is 6.92 Å². The fourth-order valence-electron chi connectivity index (χ4n) is 3.10. The SMILES string of the molecule is Cc1ccc(-n2cnc3c2CCN(C(=O)c2nnc(C(C)C)s2)C3)cc1. The van der Waals surface area contributed by atoms with Crippen molar-refractivity contribution in [2.24, 2.45) is 0 Å². The van der Waals surface area contributed by atoms with Gasteiger partial charge in [0.25, 0.3) is 5.91 Å². The van der Waals surface area contributed by atoms with Crippen LogP contribution < -0.4 is 0 Å². The molecule has 3 aromatic rings. The average Bonchev–Trinajstić information content (AvgIpc) is 3.28. The number of carbonyl (C=O) groups is 1. The predicted molar refractivity (Wildman–Crippen MR) is 101 cm³/mol. The molecule has 0 saturated carbocycles. The van der Waals surface area contributed by atoms with Gasteiger partial charge in [0.2, 0.25) is 5.01 Å². The van der Waals surface area contributed by atoms with Gasteiger partial charge in [0.1, 0.15) is 5.01 Å². The van der Waals surface area contributed by atoms with E-state index < -0.39 is 0 Å². The Bertz CT molecular complexity index is 941. The first kappa shape index (κ1) is 16.9. The van der Waals surface area contributed by atoms with Crippen molar-refractivity contribution in [2.75, 3.05) is 6.54 Å². The van der Waals surface area contributed by atoms with E-state index in [1.807, 2.05) is 11.2 Å². The number of fused-ring (bicyclic) bond motifs is 1. The molecule has 7 heteroatoms. The van der Waals surface area contributed by atoms with Crippen LogP contribution >= 0.6 is 11.3 Å². The summed E-state index contributed by atoms with van der Waals surface area (Å²) in [6.07, 6.45) is 2.63. The summed E-state index contributed by atoms with van der Waals surface area (Å²) in [5.74, 6) is 0.233. The fraction of sp³-hybridized carbons (Fsp3) is 0.368. The number of rotatable bonds is 3. The van der Waals surface area contributed by atoms with E-state index in [4.69, 9.17) is 0 Å². The van der Waals surface area contributed by atoms with Gasteiger partial charge in [-0.25, -0.2) is 4.98 Å². The van der Waals surface area contributed by atoms with Gasteiger partial charge in [-0.2, -0.15) is 0 Å². The lowest BCUT2D eigenvalue weighted by molar-refractivity contribution is 0.0730. The van der Waals surface area contributed by atoms with Crippen molar-refractivity contribution in [3.05, 3.63) is 57.6 Å². The second-order valence-corrected chi connectivity index (χ2v) is 7.93. The first-order valence-electron chi connectivity index (χ1n) is 8.77. The molecule has 1 amide bonds. The highest BCUT2D eigenvalue weighted by Crippen LogP contribution is 2.25. The van der Waals surface area contributed by atoms with Gasteiger partial charge in [0, 0.05) is 30.3 Å². The lowest BCUT2D eigenvalue weighted by Crippen LogP contribution is -2.36. The second kappa shape index (κ2) is 6.64. The van der Waals surface area contributed by atoms with Crippen molar-refractivity contribution in [1.29, 1.82) is 0 Å². The first-order valence-corrected chi connectivity index (χ1v) is 9.59. The van der Waals surface area contributed by atoms with E-state index in [0.29, 0.717) is 18.1 Å². The normalized spacial score (nSPS) is 13.9. The number of hydrogen-bond donors (Lipinski definition) is 0. The molecule has 0 atom stereocenters. The Morgan fingerprint density at radius 3 is 2.65 bits per heavy atom. The van der Waals surface area contributed by atoms with Gasteiger partial charge in [0.05, 0.1) is 18.6 Å². The number of hydrogen-bond acceptors (Lipinski definition) is 5. The molecule has 0 saturated heterocycles. The Hall–Kier alpha value is -2.54. The largest absolute Gasteiger partial charge is 0.330 e. The lowest BCUT2D eigenvalue weighted by atomic mass is 10.1. The van der Waals surface area contributed by atoms with Crippen LogP contribution in [0.5, 0.6) is 0 Å². The van der Waals surface area contributed by atoms with Crippen molar-refractivity contribution in [2.45, 2.75) is 39.7 Å². The summed E-state index contributed by atoms with van der Waals surface area (Å²) in [5.41, 5.74) is 4.48. The van der Waals surface area contributed by atoms with E-state index in [1.165, 1.54) is 22.6 Å². The van der Waals surface area contributed by atoms with Crippen molar-refractivity contribution < 1.29 is 4.79 Å². The third-order valence-electron chi connectivity index (χ3n) is 4.63. The van der Waals surface area contributed by atoms with Crippen LogP contribution in [0.1, 0.15) is 51.5 Å². The maximum atomic E-state index is 12.8. The molecule has 0 unspecified atom stereocenters. The van der Waals surface area contributed by atoms with Gasteiger partial charge in [0.15, 0.2) is 0 Å². The Kier molecular flexibility index (Phi) is 4.32. The third-order valence-corrected chi connectivity index (χ3v) is 5.84. The van der Waals surface area contributed by atoms with E-state index in [-0.39, 0.29) is 11.8 Å². The van der Waals surface area contributed by atoms with Crippen molar-refractivity contribution in [3.8, 4) is 5.69 Å². The lowest BCUT2D eigenvalue weighted by Gasteiger charge is -2.26. The highest BCUT2D eigenvalue weighted by Gasteiger charge is 2.27. The first-order chi connectivity index (χ1) is 12.5. The van der Waals surface area contributed by atoms with Crippen LogP contribution in [0.15, 0.2) is 30.6 Å². The quantitative estimate of drug-likeness (QED) is 0.712. The minimum Gasteiger partial charge on any atom is -0.330 e. The second-order valence-electron chi connectivity index (χ2n) is 6.92. The molecule has 0 aliphatic carbocycles. The summed E-state index contributed by atoms with van der Waals surface area (Å²) in [6, 6.07) is 8.40. The fourth-order valence-corrected chi connectivity index (χ4v) is 3.91. The molecule has 0 fully saturated rings. The molecule has 1 aromatic carbocycles. The number of nitrogens with zero attached hydrogens (tertiary/aromatic N) is 5. The van der Waals surface area contributed by atoms with Crippen LogP contribution in [0.25, 0.3) is 5.69 Å². The summed E-state index contributed by atoms with van der Waals surface area (Å²) in [4.78, 5) is 19.1. The van der Waals surface area contributed by atoms with E-state index in [1.54, 1.807) is 0 Å². The van der Waals surface area contributed by atoms with Gasteiger partial charge in [-0.3, -0.25) is 4.79 Å². The highest BCUT2D eigenvalue weighted by molar-refractivity contribution is 7.13. The predicted octanol–water partition coefficient (Wildman–Crippen LogP) is 3.35. The molecular weight excluding hydrogens is 346 g/mol. The summed E-state index contributed by atoms with van der Waals surface area (Å²) in [5, 5.41) is 9.57. The third kappa shape index (κ3) is 3.03. The van der Waals surface area contributed by atoms with Crippen molar-refractivity contribution in [3.63, 3.8) is 0 Å². The van der Waals surface area contributed by atoms with Gasteiger partial charge < -0.3 is 9.47 Å². The number of aromatic nitrogens is 4. The number of benzene rings is 1. The molecule has 3 heterocycles. The van der Waals surface area contributed by atoms with E-state index in [9.17, 15) is 4.79 Å². The standard InChI is InChI=1S/C19H21N5OS/c1-12(2)17-21-22-18(26-17)19(25)23-9-8-16-15(10-23)20-11-24(16)14-6-4-13(3)5-7-14/h4-7,11-12H,8-10H2,1-3H3. The minimum absolute atomic E-state index is 0.0510. The van der Waals surface area contributed by atoms with E-state index >= 15 is 0 Å². The van der Waals surface area contributed by atoms with Crippen LogP contribution in [-0.2, 0) is 13.0 Å². The van der Waals surface area contributed by atoms with Crippen LogP contribution in [-0.4, -0.2) is 37.1 Å². The Morgan fingerprint density at radius 1 is 1.19 bits per heavy atom. The van der Waals surface area contributed by atoms with E-state index in [0.717, 1.165) is 22.8 Å². The van der Waals surface area contributed by atoms with Crippen molar-refractivity contribution >= 4 is 17.2 Å². The molecule has 0 N–H and O–H groups in total. The Balaban J connectivity index is 1.55. The van der Waals surface area contributed by atoms with Crippen LogP contribution in [0.4, 0.5) is 0 Å². The molecule has 6 nitrogen and oxygen atoms in total. The Morgan fingerprint density at radius 2 is 1.96 bits per heavy atom. The summed E-state index contributed by atoms with van der Waals surface area (Å²) in [6.45, 7) is 7.37. The zero-order valence-corrected chi connectivity index (χ0v) is 16.0. The molecule has 2 aromatic heterocycles. The Labute approximate surface area is 156 Å². The molecular formula is C19H21N5OS. The van der Waals surface area contributed by atoms with Gasteiger partial charge in [-0.1, -0.05) is 42.9 Å². The molecule has 0 bridgehead atoms. The molecule has 1 aliphatic rings. The number of imidazole rings is 1. The molecule has 1 aliphatic heterocycles. The van der Waals surface area contributed by atoms with Gasteiger partial charge in [-0.15, -0.1) is 10.2 Å².